The second-order valence-electron chi connectivity index (χ2n) is 5.32. The Labute approximate surface area is 136 Å². The molecule has 3 aromatic heterocycles. The highest BCUT2D eigenvalue weighted by Crippen LogP contribution is 2.28. The van der Waals surface area contributed by atoms with Gasteiger partial charge in [0.05, 0.1) is 16.8 Å². The van der Waals surface area contributed by atoms with Crippen LogP contribution in [0.25, 0.3) is 16.2 Å². The van der Waals surface area contributed by atoms with Crippen molar-refractivity contribution in [1.82, 2.24) is 19.3 Å². The maximum Gasteiger partial charge on any atom is 0.407 e. The molecular formula is C15H15N5O2S. The molecule has 118 valence electrons. The normalized spacial score (nSPS) is 15.3. The Morgan fingerprint density at radius 2 is 2.04 bits per heavy atom. The summed E-state index contributed by atoms with van der Waals surface area (Å²) in [7, 11) is 0. The molecule has 1 N–H and O–H groups in total. The summed E-state index contributed by atoms with van der Waals surface area (Å²) in [4.78, 5) is 24.8. The van der Waals surface area contributed by atoms with Gasteiger partial charge in [-0.3, -0.25) is 4.40 Å². The van der Waals surface area contributed by atoms with Crippen LogP contribution in [0.3, 0.4) is 0 Å². The van der Waals surface area contributed by atoms with E-state index in [2.05, 4.69) is 20.9 Å². The van der Waals surface area contributed by atoms with E-state index >= 15 is 0 Å². The first-order valence-electron chi connectivity index (χ1n) is 7.33. The minimum Gasteiger partial charge on any atom is -0.465 e. The third-order valence-electron chi connectivity index (χ3n) is 4.03. The van der Waals surface area contributed by atoms with Crippen LogP contribution in [0.4, 0.5) is 10.6 Å². The molecule has 4 heterocycles. The summed E-state index contributed by atoms with van der Waals surface area (Å²) in [5, 5.41) is 11.1. The van der Waals surface area contributed by atoms with Crippen molar-refractivity contribution in [3.05, 3.63) is 36.1 Å². The molecule has 7 nitrogen and oxygen atoms in total. The third-order valence-corrected chi connectivity index (χ3v) is 4.93. The number of hydrogen-bond donors (Lipinski definition) is 1. The van der Waals surface area contributed by atoms with Crippen LogP contribution in [0.5, 0.6) is 0 Å². The van der Waals surface area contributed by atoms with Gasteiger partial charge in [-0.25, -0.2) is 14.8 Å². The molecule has 1 aliphatic heterocycles. The second kappa shape index (κ2) is 5.54. The SMILES string of the molecule is O=C(O)N1CCN(c2ncc(-c3cccs3)n3ccnc23)CC1. The van der Waals surface area contributed by atoms with Crippen molar-refractivity contribution in [3.8, 4) is 10.6 Å². The Bertz CT molecular complexity index is 837. The van der Waals surface area contributed by atoms with Crippen molar-refractivity contribution in [2.45, 2.75) is 0 Å². The number of carboxylic acid groups (broad SMARTS) is 1. The quantitative estimate of drug-likeness (QED) is 0.780. The zero-order chi connectivity index (χ0) is 15.8. The first-order valence-corrected chi connectivity index (χ1v) is 8.21. The molecule has 1 amide bonds. The summed E-state index contributed by atoms with van der Waals surface area (Å²) < 4.78 is 2.04. The minimum atomic E-state index is -0.864. The predicted octanol–water partition coefficient (Wildman–Crippen LogP) is 2.26. The monoisotopic (exact) mass is 329 g/mol. The molecule has 4 rings (SSSR count). The van der Waals surface area contributed by atoms with Crippen LogP contribution >= 0.6 is 11.3 Å². The third kappa shape index (κ3) is 2.40. The molecule has 8 heteroatoms. The van der Waals surface area contributed by atoms with Crippen LogP contribution in [-0.2, 0) is 0 Å². The van der Waals surface area contributed by atoms with Crippen LogP contribution < -0.4 is 4.90 Å². The van der Waals surface area contributed by atoms with Crippen molar-refractivity contribution in [3.63, 3.8) is 0 Å². The maximum atomic E-state index is 11.0. The van der Waals surface area contributed by atoms with Gasteiger partial charge in [0.15, 0.2) is 11.5 Å². The van der Waals surface area contributed by atoms with E-state index in [1.165, 1.54) is 4.90 Å². The van der Waals surface area contributed by atoms with Crippen molar-refractivity contribution in [2.75, 3.05) is 31.1 Å². The van der Waals surface area contributed by atoms with Crippen molar-refractivity contribution >= 4 is 28.9 Å². The van der Waals surface area contributed by atoms with Crippen molar-refractivity contribution in [1.29, 1.82) is 0 Å². The number of rotatable bonds is 2. The van der Waals surface area contributed by atoms with Gasteiger partial charge in [-0.15, -0.1) is 11.3 Å². The molecule has 0 spiro atoms. The number of imidazole rings is 1. The molecule has 0 unspecified atom stereocenters. The van der Waals surface area contributed by atoms with Gasteiger partial charge >= 0.3 is 6.09 Å². The van der Waals surface area contributed by atoms with Gasteiger partial charge in [0.25, 0.3) is 0 Å². The van der Waals surface area contributed by atoms with E-state index in [9.17, 15) is 4.79 Å². The highest BCUT2D eigenvalue weighted by Gasteiger charge is 2.23. The van der Waals surface area contributed by atoms with E-state index in [-0.39, 0.29) is 0 Å². The molecule has 0 aromatic carbocycles. The average Bonchev–Trinajstić information content (AvgIpc) is 3.25. The van der Waals surface area contributed by atoms with Crippen LogP contribution in [0.2, 0.25) is 0 Å². The predicted molar refractivity (Wildman–Crippen MR) is 88.1 cm³/mol. The molecule has 1 fully saturated rings. The van der Waals surface area contributed by atoms with Crippen LogP contribution in [-0.4, -0.2) is 56.6 Å². The summed E-state index contributed by atoms with van der Waals surface area (Å²) in [5.41, 5.74) is 1.82. The summed E-state index contributed by atoms with van der Waals surface area (Å²) in [5.74, 6) is 0.806. The number of aromatic nitrogens is 3. The molecule has 3 aromatic rings. The van der Waals surface area contributed by atoms with Crippen LogP contribution in [0, 0.1) is 0 Å². The van der Waals surface area contributed by atoms with E-state index in [1.807, 2.05) is 28.2 Å². The molecular weight excluding hydrogens is 314 g/mol. The zero-order valence-electron chi connectivity index (χ0n) is 12.3. The standard InChI is InChI=1S/C15H15N5O2S/c21-15(22)19-7-5-18(6-8-19)13-14-16-3-4-20(14)11(10-17-13)12-2-1-9-23-12/h1-4,9-10H,5-8H2,(H,21,22). The fourth-order valence-electron chi connectivity index (χ4n) is 2.84. The Balaban J connectivity index is 1.69. The Hall–Kier alpha value is -2.61. The fraction of sp³-hybridized carbons (Fsp3) is 0.267. The summed E-state index contributed by atoms with van der Waals surface area (Å²) >= 11 is 1.67. The number of amides is 1. The topological polar surface area (TPSA) is 74.0 Å². The Morgan fingerprint density at radius 3 is 2.74 bits per heavy atom. The largest absolute Gasteiger partial charge is 0.465 e. The van der Waals surface area contributed by atoms with E-state index in [0.29, 0.717) is 26.2 Å². The average molecular weight is 329 g/mol. The first-order chi connectivity index (χ1) is 11.2. The highest BCUT2D eigenvalue weighted by atomic mass is 32.1. The molecule has 23 heavy (non-hydrogen) atoms. The van der Waals surface area contributed by atoms with E-state index in [0.717, 1.165) is 22.0 Å². The lowest BCUT2D eigenvalue weighted by Crippen LogP contribution is -2.48. The molecule has 0 bridgehead atoms. The number of fused-ring (bicyclic) bond motifs is 1. The van der Waals surface area contributed by atoms with Gasteiger partial charge in [0.2, 0.25) is 0 Å². The number of thiophene rings is 1. The summed E-state index contributed by atoms with van der Waals surface area (Å²) in [6, 6.07) is 4.08. The van der Waals surface area contributed by atoms with Crippen LogP contribution in [0.15, 0.2) is 36.1 Å². The fourth-order valence-corrected chi connectivity index (χ4v) is 3.58. The van der Waals surface area contributed by atoms with Gasteiger partial charge in [0.1, 0.15) is 0 Å². The second-order valence-corrected chi connectivity index (χ2v) is 6.27. The van der Waals surface area contributed by atoms with Gasteiger partial charge in [-0.1, -0.05) is 6.07 Å². The number of piperazine rings is 1. The van der Waals surface area contributed by atoms with E-state index in [4.69, 9.17) is 5.11 Å². The van der Waals surface area contributed by atoms with Crippen LogP contribution in [0.1, 0.15) is 0 Å². The Kier molecular flexibility index (Phi) is 3.38. The smallest absolute Gasteiger partial charge is 0.407 e. The Morgan fingerprint density at radius 1 is 1.22 bits per heavy atom. The molecule has 0 radical (unpaired) electrons. The summed E-state index contributed by atoms with van der Waals surface area (Å²) in [6.07, 6.45) is 4.70. The van der Waals surface area contributed by atoms with Gasteiger partial charge in [-0.05, 0) is 11.4 Å². The van der Waals surface area contributed by atoms with Gasteiger partial charge in [-0.2, -0.15) is 0 Å². The number of nitrogens with zero attached hydrogens (tertiary/aromatic N) is 5. The number of carbonyl (C=O) groups is 1. The highest BCUT2D eigenvalue weighted by molar-refractivity contribution is 7.13. The minimum absolute atomic E-state index is 0.483. The van der Waals surface area contributed by atoms with Crippen molar-refractivity contribution in [2.24, 2.45) is 0 Å². The lowest BCUT2D eigenvalue weighted by Gasteiger charge is -2.33. The van der Waals surface area contributed by atoms with Gasteiger partial charge < -0.3 is 14.9 Å². The molecule has 0 saturated carbocycles. The van der Waals surface area contributed by atoms with Crippen molar-refractivity contribution < 1.29 is 9.90 Å². The molecule has 1 saturated heterocycles. The zero-order valence-corrected chi connectivity index (χ0v) is 13.1. The van der Waals surface area contributed by atoms with E-state index < -0.39 is 6.09 Å². The maximum absolute atomic E-state index is 11.0. The molecule has 0 atom stereocenters. The molecule has 1 aliphatic rings. The number of anilines is 1. The lowest BCUT2D eigenvalue weighted by atomic mass is 10.3. The summed E-state index contributed by atoms with van der Waals surface area (Å²) in [6.45, 7) is 2.22. The van der Waals surface area contributed by atoms with Gasteiger partial charge in [0, 0.05) is 38.6 Å². The first kappa shape index (κ1) is 14.0. The molecule has 0 aliphatic carbocycles. The number of hydrogen-bond acceptors (Lipinski definition) is 5. The van der Waals surface area contributed by atoms with E-state index in [1.54, 1.807) is 17.5 Å². The lowest BCUT2D eigenvalue weighted by molar-refractivity contribution is 0.142.